The Bertz CT molecular complexity index is 540. The van der Waals surface area contributed by atoms with Gasteiger partial charge in [0.15, 0.2) is 0 Å². The number of hydrogen-bond acceptors (Lipinski definition) is 2. The molecular weight excluding hydrogens is 265 g/mol. The van der Waals surface area contributed by atoms with Crippen LogP contribution in [0.4, 0.5) is 4.39 Å². The molecule has 0 spiro atoms. The number of halogens is 1. The van der Waals surface area contributed by atoms with Crippen LogP contribution in [0.2, 0.25) is 0 Å². The van der Waals surface area contributed by atoms with E-state index in [2.05, 4.69) is 33.0 Å². The maximum atomic E-state index is 13.1. The van der Waals surface area contributed by atoms with Gasteiger partial charge in [-0.1, -0.05) is 32.9 Å². The maximum absolute atomic E-state index is 13.1. The van der Waals surface area contributed by atoms with Gasteiger partial charge in [-0.3, -0.25) is 0 Å². The first kappa shape index (κ1) is 15.8. The smallest absolute Gasteiger partial charge is 0.123 e. The number of furan rings is 1. The second-order valence-electron chi connectivity index (χ2n) is 6.70. The van der Waals surface area contributed by atoms with Crippen LogP contribution in [0.3, 0.4) is 0 Å². The molecular formula is C18H24FNO. The van der Waals surface area contributed by atoms with Crippen molar-refractivity contribution in [2.24, 2.45) is 5.41 Å². The zero-order valence-electron chi connectivity index (χ0n) is 13.2. The van der Waals surface area contributed by atoms with Crippen LogP contribution in [0.5, 0.6) is 0 Å². The summed E-state index contributed by atoms with van der Waals surface area (Å²) in [5.74, 6) is 0.775. The van der Waals surface area contributed by atoms with Crippen LogP contribution in [0, 0.1) is 11.2 Å². The third kappa shape index (κ3) is 4.43. The summed E-state index contributed by atoms with van der Waals surface area (Å²) in [7, 11) is 0. The molecule has 114 valence electrons. The first-order valence-corrected chi connectivity index (χ1v) is 7.40. The van der Waals surface area contributed by atoms with E-state index in [9.17, 15) is 4.39 Å². The average molecular weight is 289 g/mol. The summed E-state index contributed by atoms with van der Waals surface area (Å²) in [6.07, 6.45) is 2.53. The lowest BCUT2D eigenvalue weighted by Gasteiger charge is -2.34. The highest BCUT2D eigenvalue weighted by Crippen LogP contribution is 2.33. The molecule has 2 aromatic rings. The molecule has 2 unspecified atom stereocenters. The number of hydrogen-bond donors (Lipinski definition) is 1. The summed E-state index contributed by atoms with van der Waals surface area (Å²) in [6.45, 7) is 8.71. The predicted octanol–water partition coefficient (Wildman–Crippen LogP) is 4.73. The van der Waals surface area contributed by atoms with E-state index in [0.717, 1.165) is 17.7 Å². The van der Waals surface area contributed by atoms with E-state index in [0.29, 0.717) is 0 Å². The number of benzene rings is 1. The van der Waals surface area contributed by atoms with Crippen LogP contribution in [0.15, 0.2) is 47.1 Å². The van der Waals surface area contributed by atoms with E-state index < -0.39 is 0 Å². The highest BCUT2D eigenvalue weighted by atomic mass is 19.1. The van der Waals surface area contributed by atoms with E-state index in [4.69, 9.17) is 4.42 Å². The van der Waals surface area contributed by atoms with Crippen LogP contribution in [-0.2, 0) is 6.42 Å². The lowest BCUT2D eigenvalue weighted by molar-refractivity contribution is 0.249. The van der Waals surface area contributed by atoms with Gasteiger partial charge in [0.2, 0.25) is 0 Å². The van der Waals surface area contributed by atoms with Crippen molar-refractivity contribution in [1.82, 2.24) is 5.32 Å². The van der Waals surface area contributed by atoms with Gasteiger partial charge in [0.05, 0.1) is 6.26 Å². The Morgan fingerprint density at radius 1 is 1.14 bits per heavy atom. The monoisotopic (exact) mass is 289 g/mol. The summed E-state index contributed by atoms with van der Waals surface area (Å²) in [5.41, 5.74) is 1.14. The van der Waals surface area contributed by atoms with Crippen molar-refractivity contribution in [3.63, 3.8) is 0 Å². The van der Waals surface area contributed by atoms with Gasteiger partial charge >= 0.3 is 0 Å². The standard InChI is InChI=1S/C18H24FNO/c1-13(12-16-6-5-11-21-16)20-17(18(2,3)4)14-7-9-15(19)10-8-14/h5-11,13,17,20H,12H2,1-4H3. The Labute approximate surface area is 126 Å². The van der Waals surface area contributed by atoms with E-state index >= 15 is 0 Å². The van der Waals surface area contributed by atoms with Gasteiger partial charge in [-0.2, -0.15) is 0 Å². The lowest BCUT2D eigenvalue weighted by atomic mass is 9.82. The van der Waals surface area contributed by atoms with Crippen molar-refractivity contribution in [3.05, 3.63) is 59.8 Å². The van der Waals surface area contributed by atoms with Crippen molar-refractivity contribution in [3.8, 4) is 0 Å². The third-order valence-corrected chi connectivity index (χ3v) is 3.61. The Hall–Kier alpha value is -1.61. The van der Waals surface area contributed by atoms with Crippen molar-refractivity contribution in [1.29, 1.82) is 0 Å². The molecule has 2 atom stereocenters. The third-order valence-electron chi connectivity index (χ3n) is 3.61. The van der Waals surface area contributed by atoms with Gasteiger partial charge in [0.25, 0.3) is 0 Å². The Morgan fingerprint density at radius 2 is 1.81 bits per heavy atom. The topological polar surface area (TPSA) is 25.2 Å². The van der Waals surface area contributed by atoms with Gasteiger partial charge in [0, 0.05) is 18.5 Å². The van der Waals surface area contributed by atoms with Gasteiger partial charge in [-0.15, -0.1) is 0 Å². The van der Waals surface area contributed by atoms with Crippen molar-refractivity contribution >= 4 is 0 Å². The minimum Gasteiger partial charge on any atom is -0.469 e. The molecule has 0 bridgehead atoms. The molecule has 1 N–H and O–H groups in total. The van der Waals surface area contributed by atoms with Crippen molar-refractivity contribution < 1.29 is 8.81 Å². The molecule has 0 saturated heterocycles. The van der Waals surface area contributed by atoms with E-state index in [1.165, 1.54) is 12.1 Å². The van der Waals surface area contributed by atoms with E-state index in [1.807, 2.05) is 24.3 Å². The average Bonchev–Trinajstić information content (AvgIpc) is 2.89. The second kappa shape index (κ2) is 6.44. The predicted molar refractivity (Wildman–Crippen MR) is 83.6 cm³/mol. The summed E-state index contributed by atoms with van der Waals surface area (Å²) < 4.78 is 18.5. The normalized spacial score (nSPS) is 14.9. The molecule has 0 aliphatic heterocycles. The summed E-state index contributed by atoms with van der Waals surface area (Å²) in [6, 6.07) is 11.1. The summed E-state index contributed by atoms with van der Waals surface area (Å²) >= 11 is 0. The van der Waals surface area contributed by atoms with Crippen LogP contribution < -0.4 is 5.32 Å². The van der Waals surface area contributed by atoms with Gasteiger partial charge in [0.1, 0.15) is 11.6 Å². The summed E-state index contributed by atoms with van der Waals surface area (Å²) in [4.78, 5) is 0. The highest BCUT2D eigenvalue weighted by Gasteiger charge is 2.27. The van der Waals surface area contributed by atoms with Crippen LogP contribution >= 0.6 is 0 Å². The molecule has 0 amide bonds. The molecule has 0 aliphatic rings. The second-order valence-corrected chi connectivity index (χ2v) is 6.70. The largest absolute Gasteiger partial charge is 0.469 e. The maximum Gasteiger partial charge on any atom is 0.123 e. The first-order chi connectivity index (χ1) is 9.86. The minimum atomic E-state index is -0.199. The molecule has 2 nitrogen and oxygen atoms in total. The molecule has 3 heteroatoms. The van der Waals surface area contributed by atoms with Gasteiger partial charge in [-0.05, 0) is 42.2 Å². The fourth-order valence-electron chi connectivity index (χ4n) is 2.58. The van der Waals surface area contributed by atoms with Crippen molar-refractivity contribution in [2.45, 2.75) is 46.2 Å². The van der Waals surface area contributed by atoms with Crippen LogP contribution in [-0.4, -0.2) is 6.04 Å². The zero-order chi connectivity index (χ0) is 15.5. The van der Waals surface area contributed by atoms with Crippen LogP contribution in [0.25, 0.3) is 0 Å². The molecule has 21 heavy (non-hydrogen) atoms. The Balaban J connectivity index is 2.11. The quantitative estimate of drug-likeness (QED) is 0.861. The number of rotatable bonds is 5. The molecule has 1 heterocycles. The fraction of sp³-hybridized carbons (Fsp3) is 0.444. The molecule has 0 aliphatic carbocycles. The molecule has 0 fully saturated rings. The Morgan fingerprint density at radius 3 is 2.33 bits per heavy atom. The van der Waals surface area contributed by atoms with Crippen LogP contribution in [0.1, 0.15) is 45.1 Å². The molecule has 0 radical (unpaired) electrons. The molecule has 1 aromatic heterocycles. The van der Waals surface area contributed by atoms with Crippen molar-refractivity contribution in [2.75, 3.05) is 0 Å². The first-order valence-electron chi connectivity index (χ1n) is 7.40. The molecule has 1 aromatic carbocycles. The highest BCUT2D eigenvalue weighted by molar-refractivity contribution is 5.22. The van der Waals surface area contributed by atoms with E-state index in [1.54, 1.807) is 6.26 Å². The SMILES string of the molecule is CC(Cc1ccco1)NC(c1ccc(F)cc1)C(C)(C)C. The molecule has 2 rings (SSSR count). The summed E-state index contributed by atoms with van der Waals surface area (Å²) in [5, 5.41) is 3.65. The fourth-order valence-corrected chi connectivity index (χ4v) is 2.58. The Kier molecular flexibility index (Phi) is 4.84. The zero-order valence-corrected chi connectivity index (χ0v) is 13.2. The van der Waals surface area contributed by atoms with E-state index in [-0.39, 0.29) is 23.3 Å². The molecule has 0 saturated carbocycles. The number of nitrogens with one attached hydrogen (secondary N) is 1. The van der Waals surface area contributed by atoms with Gasteiger partial charge < -0.3 is 9.73 Å². The minimum absolute atomic E-state index is 0.0370. The van der Waals surface area contributed by atoms with Gasteiger partial charge in [-0.25, -0.2) is 4.39 Å². The lowest BCUT2D eigenvalue weighted by Crippen LogP contribution is -2.39.